The molecule has 3 aromatic rings. The van der Waals surface area contributed by atoms with E-state index >= 15 is 0 Å². The second-order valence-corrected chi connectivity index (χ2v) is 15.7. The van der Waals surface area contributed by atoms with Gasteiger partial charge >= 0.3 is 0 Å². The molecule has 0 aliphatic carbocycles. The van der Waals surface area contributed by atoms with Crippen LogP contribution in [0.4, 0.5) is 5.69 Å². The van der Waals surface area contributed by atoms with Crippen LogP contribution >= 0.6 is 7.14 Å². The molecule has 0 aliphatic heterocycles. The van der Waals surface area contributed by atoms with Gasteiger partial charge in [0.2, 0.25) is 0 Å². The number of hydrogen-bond donors (Lipinski definition) is 0. The molecule has 37 heavy (non-hydrogen) atoms. The molecular formula is C31H42NO4P. The molecule has 200 valence electrons. The first-order valence-corrected chi connectivity index (χ1v) is 14.6. The number of para-hydroxylation sites is 2. The third kappa shape index (κ3) is 6.70. The van der Waals surface area contributed by atoms with Crippen molar-refractivity contribution in [3.8, 4) is 17.2 Å². The molecule has 0 saturated carbocycles. The standard InChI is InChI=1S/C31H42NO4P/c1-30(2,3)37(33,31(4,5)6)23-36-27-19-17-26(18-20-27)32(21-24-13-9-11-15-28(24)34-7)22-25-14-10-12-16-29(25)35-8/h9-20H,21-23H2,1-8H3. The zero-order chi connectivity index (χ0) is 27.3. The predicted molar refractivity (Wildman–Crippen MR) is 155 cm³/mol. The third-order valence-corrected chi connectivity index (χ3v) is 11.7. The van der Waals surface area contributed by atoms with Crippen LogP contribution in [0.2, 0.25) is 0 Å². The van der Waals surface area contributed by atoms with Crippen LogP contribution in [0, 0.1) is 0 Å². The van der Waals surface area contributed by atoms with E-state index < -0.39 is 7.14 Å². The van der Waals surface area contributed by atoms with Crippen molar-refractivity contribution in [2.24, 2.45) is 0 Å². The maximum absolute atomic E-state index is 14.0. The lowest BCUT2D eigenvalue weighted by Crippen LogP contribution is -2.31. The van der Waals surface area contributed by atoms with Crippen LogP contribution in [-0.2, 0) is 17.7 Å². The van der Waals surface area contributed by atoms with Gasteiger partial charge < -0.3 is 23.7 Å². The maximum atomic E-state index is 14.0. The lowest BCUT2D eigenvalue weighted by atomic mass is 10.1. The fourth-order valence-corrected chi connectivity index (χ4v) is 7.75. The molecule has 0 N–H and O–H groups in total. The Kier molecular flexibility index (Phi) is 9.02. The van der Waals surface area contributed by atoms with Gasteiger partial charge in [-0.3, -0.25) is 0 Å². The minimum atomic E-state index is -2.65. The molecule has 3 rings (SSSR count). The number of nitrogens with zero attached hydrogens (tertiary/aromatic N) is 1. The summed E-state index contributed by atoms with van der Waals surface area (Å²) in [4.78, 5) is 2.29. The van der Waals surface area contributed by atoms with Crippen LogP contribution in [0.1, 0.15) is 52.7 Å². The number of methoxy groups -OCH3 is 2. The number of rotatable bonds is 10. The second kappa shape index (κ2) is 11.6. The van der Waals surface area contributed by atoms with Crippen LogP contribution in [0.5, 0.6) is 17.2 Å². The summed E-state index contributed by atoms with van der Waals surface area (Å²) in [6.07, 6.45) is 0.214. The zero-order valence-corrected chi connectivity index (χ0v) is 24.5. The van der Waals surface area contributed by atoms with Crippen LogP contribution < -0.4 is 19.1 Å². The summed E-state index contributed by atoms with van der Waals surface area (Å²) < 4.78 is 31.4. The monoisotopic (exact) mass is 523 g/mol. The Bertz CT molecular complexity index is 1140. The highest BCUT2D eigenvalue weighted by Gasteiger charge is 2.46. The van der Waals surface area contributed by atoms with Crippen molar-refractivity contribution < 1.29 is 18.8 Å². The minimum absolute atomic E-state index is 0.214. The van der Waals surface area contributed by atoms with Gasteiger partial charge in [0.1, 0.15) is 30.7 Å². The SMILES string of the molecule is COc1ccccc1CN(Cc1ccccc1OC)c1ccc(OCP(=O)(C(C)(C)C)C(C)(C)C)cc1. The molecule has 0 saturated heterocycles. The van der Waals surface area contributed by atoms with Gasteiger partial charge in [0.05, 0.1) is 14.2 Å². The molecule has 0 aromatic heterocycles. The zero-order valence-electron chi connectivity index (χ0n) is 23.6. The Morgan fingerprint density at radius 1 is 0.676 bits per heavy atom. The molecule has 0 spiro atoms. The van der Waals surface area contributed by atoms with Crippen molar-refractivity contribution >= 4 is 12.8 Å². The Morgan fingerprint density at radius 2 is 1.11 bits per heavy atom. The number of anilines is 1. The molecule has 0 fully saturated rings. The van der Waals surface area contributed by atoms with Crippen LogP contribution in [0.25, 0.3) is 0 Å². The molecule has 0 heterocycles. The predicted octanol–water partition coefficient (Wildman–Crippen LogP) is 8.21. The molecule has 0 bridgehead atoms. The maximum Gasteiger partial charge on any atom is 0.142 e. The second-order valence-electron chi connectivity index (χ2n) is 11.3. The molecule has 0 atom stereocenters. The highest BCUT2D eigenvalue weighted by atomic mass is 31.2. The largest absolute Gasteiger partial charge is 0.496 e. The van der Waals surface area contributed by atoms with Crippen molar-refractivity contribution in [2.75, 3.05) is 25.5 Å². The van der Waals surface area contributed by atoms with Crippen LogP contribution in [0.15, 0.2) is 72.8 Å². The summed E-state index contributed by atoms with van der Waals surface area (Å²) in [5.74, 6) is 2.42. The van der Waals surface area contributed by atoms with Gasteiger partial charge in [0, 0.05) is 40.2 Å². The van der Waals surface area contributed by atoms with Gasteiger partial charge in [-0.05, 0) is 36.4 Å². The molecule has 0 unspecified atom stereocenters. The molecule has 0 amide bonds. The van der Waals surface area contributed by atoms with Crippen LogP contribution in [0.3, 0.4) is 0 Å². The molecule has 0 aliphatic rings. The van der Waals surface area contributed by atoms with E-state index in [1.807, 2.05) is 90.1 Å². The Balaban J connectivity index is 1.88. The van der Waals surface area contributed by atoms with E-state index in [-0.39, 0.29) is 16.7 Å². The van der Waals surface area contributed by atoms with Crippen LogP contribution in [-0.4, -0.2) is 30.9 Å². The van der Waals surface area contributed by atoms with Crippen molar-refractivity contribution in [2.45, 2.75) is 64.9 Å². The van der Waals surface area contributed by atoms with E-state index in [2.05, 4.69) is 29.2 Å². The summed E-state index contributed by atoms with van der Waals surface area (Å²) in [5, 5.41) is -0.684. The molecule has 0 radical (unpaired) electrons. The Hall–Kier alpha value is -2.91. The third-order valence-electron chi connectivity index (χ3n) is 6.89. The first-order valence-electron chi connectivity index (χ1n) is 12.7. The van der Waals surface area contributed by atoms with Gasteiger partial charge in [-0.2, -0.15) is 0 Å². The molecule has 6 heteroatoms. The van der Waals surface area contributed by atoms with E-state index in [4.69, 9.17) is 14.2 Å². The summed E-state index contributed by atoms with van der Waals surface area (Å²) in [6, 6.07) is 24.2. The average molecular weight is 524 g/mol. The van der Waals surface area contributed by atoms with E-state index in [0.29, 0.717) is 18.8 Å². The van der Waals surface area contributed by atoms with E-state index in [1.54, 1.807) is 14.2 Å². The highest BCUT2D eigenvalue weighted by molar-refractivity contribution is 7.66. The average Bonchev–Trinajstić information content (AvgIpc) is 2.86. The summed E-state index contributed by atoms with van der Waals surface area (Å²) in [7, 11) is 0.742. The number of hydrogen-bond acceptors (Lipinski definition) is 5. The van der Waals surface area contributed by atoms with Gasteiger partial charge in [-0.15, -0.1) is 0 Å². The first kappa shape index (κ1) is 28.7. The van der Waals surface area contributed by atoms with Crippen molar-refractivity contribution in [3.05, 3.63) is 83.9 Å². The Labute approximate surface area is 223 Å². The van der Waals surface area contributed by atoms with Crippen molar-refractivity contribution in [1.82, 2.24) is 0 Å². The smallest absolute Gasteiger partial charge is 0.142 e. The minimum Gasteiger partial charge on any atom is -0.496 e. The van der Waals surface area contributed by atoms with Gasteiger partial charge in [0.25, 0.3) is 0 Å². The molecular weight excluding hydrogens is 481 g/mol. The van der Waals surface area contributed by atoms with E-state index in [9.17, 15) is 4.57 Å². The molecule has 5 nitrogen and oxygen atoms in total. The normalized spacial score (nSPS) is 12.2. The van der Waals surface area contributed by atoms with Crippen molar-refractivity contribution in [1.29, 1.82) is 0 Å². The van der Waals surface area contributed by atoms with E-state index in [1.165, 1.54) is 0 Å². The quantitative estimate of drug-likeness (QED) is 0.251. The first-order chi connectivity index (χ1) is 17.4. The van der Waals surface area contributed by atoms with Crippen molar-refractivity contribution in [3.63, 3.8) is 0 Å². The summed E-state index contributed by atoms with van der Waals surface area (Å²) >= 11 is 0. The van der Waals surface area contributed by atoms with E-state index in [0.717, 1.165) is 28.3 Å². The summed E-state index contributed by atoms with van der Waals surface area (Å²) in [6.45, 7) is 13.6. The highest BCUT2D eigenvalue weighted by Crippen LogP contribution is 2.66. The Morgan fingerprint density at radius 3 is 1.51 bits per heavy atom. The number of ether oxygens (including phenoxy) is 3. The fourth-order valence-electron chi connectivity index (χ4n) is 4.63. The fraction of sp³-hybridized carbons (Fsp3) is 0.419. The molecule has 3 aromatic carbocycles. The van der Waals surface area contributed by atoms with Gasteiger partial charge in [0.15, 0.2) is 0 Å². The van der Waals surface area contributed by atoms with Gasteiger partial charge in [-0.1, -0.05) is 77.9 Å². The lowest BCUT2D eigenvalue weighted by Gasteiger charge is -2.40. The summed E-state index contributed by atoms with van der Waals surface area (Å²) in [5.41, 5.74) is 3.23. The van der Waals surface area contributed by atoms with Gasteiger partial charge in [-0.25, -0.2) is 0 Å². The topological polar surface area (TPSA) is 48.0 Å². The number of benzene rings is 3. The lowest BCUT2D eigenvalue weighted by molar-refractivity contribution is 0.362.